The molecule has 0 saturated carbocycles. The van der Waals surface area contributed by atoms with Gasteiger partial charge in [-0.05, 0) is 12.1 Å². The monoisotopic (exact) mass is 317 g/mol. The van der Waals surface area contributed by atoms with Crippen molar-refractivity contribution in [2.24, 2.45) is 0 Å². The number of hydrogen-bond donors (Lipinski definition) is 1. The Morgan fingerprint density at radius 3 is 2.90 bits per heavy atom. The van der Waals surface area contributed by atoms with Crippen molar-refractivity contribution in [3.63, 3.8) is 0 Å². The number of benzene rings is 1. The van der Waals surface area contributed by atoms with Crippen LogP contribution in [0.1, 0.15) is 9.67 Å². The van der Waals surface area contributed by atoms with Gasteiger partial charge in [-0.15, -0.1) is 32.9 Å². The van der Waals surface area contributed by atoms with Crippen molar-refractivity contribution in [3.8, 4) is 0 Å². The van der Waals surface area contributed by atoms with E-state index in [2.05, 4.69) is 27.6 Å². The van der Waals surface area contributed by atoms with Crippen molar-refractivity contribution in [3.05, 3.63) is 40.7 Å². The van der Waals surface area contributed by atoms with E-state index in [9.17, 15) is 4.79 Å². The fourth-order valence-corrected chi connectivity index (χ4v) is 4.86. The standard InChI is InChI=1S/C13H7N3OS3/c17-12(15-13-16-14-6-18-13)10-5-9-11(20-10)7-3-1-2-4-8(7)19-9/h1-6H,(H,15,16,17). The van der Waals surface area contributed by atoms with Gasteiger partial charge >= 0.3 is 0 Å². The van der Waals surface area contributed by atoms with Crippen molar-refractivity contribution in [2.45, 2.75) is 0 Å². The molecule has 4 aromatic rings. The van der Waals surface area contributed by atoms with Gasteiger partial charge in [-0.25, -0.2) is 0 Å². The zero-order valence-electron chi connectivity index (χ0n) is 9.99. The van der Waals surface area contributed by atoms with Gasteiger partial charge in [-0.3, -0.25) is 10.1 Å². The number of rotatable bonds is 2. The van der Waals surface area contributed by atoms with Crippen molar-refractivity contribution in [2.75, 3.05) is 5.32 Å². The van der Waals surface area contributed by atoms with Crippen LogP contribution < -0.4 is 5.32 Å². The van der Waals surface area contributed by atoms with Gasteiger partial charge in [0.25, 0.3) is 5.91 Å². The fraction of sp³-hybridized carbons (Fsp3) is 0. The fourth-order valence-electron chi connectivity index (χ4n) is 2.00. The van der Waals surface area contributed by atoms with Gasteiger partial charge in [-0.1, -0.05) is 29.5 Å². The highest BCUT2D eigenvalue weighted by molar-refractivity contribution is 7.33. The van der Waals surface area contributed by atoms with Gasteiger partial charge in [0.1, 0.15) is 5.51 Å². The number of hydrogen-bond acceptors (Lipinski definition) is 6. The first-order valence-corrected chi connectivity index (χ1v) is 8.31. The summed E-state index contributed by atoms with van der Waals surface area (Å²) in [6.45, 7) is 0. The van der Waals surface area contributed by atoms with Crippen LogP contribution >= 0.6 is 34.0 Å². The second kappa shape index (κ2) is 4.62. The number of nitrogens with one attached hydrogen (secondary N) is 1. The minimum atomic E-state index is -0.126. The second-order valence-corrected chi connectivity index (χ2v) is 7.07. The highest BCUT2D eigenvalue weighted by Crippen LogP contribution is 2.39. The van der Waals surface area contributed by atoms with Gasteiger partial charge < -0.3 is 0 Å². The van der Waals surface area contributed by atoms with Crippen molar-refractivity contribution in [1.82, 2.24) is 10.2 Å². The normalized spacial score (nSPS) is 11.2. The summed E-state index contributed by atoms with van der Waals surface area (Å²) >= 11 is 4.54. The molecule has 4 rings (SSSR count). The lowest BCUT2D eigenvalue weighted by atomic mass is 10.2. The third-order valence-corrected chi connectivity index (χ3v) is 5.87. The molecule has 0 spiro atoms. The van der Waals surface area contributed by atoms with Crippen LogP contribution in [0.25, 0.3) is 19.5 Å². The number of carbonyl (C=O) groups is 1. The Morgan fingerprint density at radius 1 is 1.15 bits per heavy atom. The number of carbonyl (C=O) groups excluding carboxylic acids is 1. The van der Waals surface area contributed by atoms with Crippen LogP contribution in [0, 0.1) is 0 Å². The predicted octanol–water partition coefficient (Wildman–Crippen LogP) is 4.22. The average molecular weight is 317 g/mol. The molecular formula is C13H7N3OS3. The maximum absolute atomic E-state index is 12.2. The molecule has 3 heterocycles. The van der Waals surface area contributed by atoms with Crippen molar-refractivity contribution >= 4 is 64.5 Å². The highest BCUT2D eigenvalue weighted by Gasteiger charge is 2.15. The molecule has 0 aliphatic carbocycles. The summed E-state index contributed by atoms with van der Waals surface area (Å²) < 4.78 is 3.58. The topological polar surface area (TPSA) is 54.9 Å². The summed E-state index contributed by atoms with van der Waals surface area (Å²) in [4.78, 5) is 12.9. The summed E-state index contributed by atoms with van der Waals surface area (Å²) in [6, 6.07) is 10.2. The Morgan fingerprint density at radius 2 is 2.05 bits per heavy atom. The minimum absolute atomic E-state index is 0.126. The van der Waals surface area contributed by atoms with Gasteiger partial charge in [0, 0.05) is 14.8 Å². The molecule has 1 N–H and O–H groups in total. The van der Waals surface area contributed by atoms with Crippen LogP contribution in [-0.2, 0) is 0 Å². The lowest BCUT2D eigenvalue weighted by molar-refractivity contribution is 0.103. The van der Waals surface area contributed by atoms with Crippen LogP contribution in [0.4, 0.5) is 5.13 Å². The Hall–Kier alpha value is -1.83. The van der Waals surface area contributed by atoms with Crippen LogP contribution in [-0.4, -0.2) is 16.1 Å². The first-order chi connectivity index (χ1) is 9.81. The first kappa shape index (κ1) is 12.0. The Bertz CT molecular complexity index is 908. The Balaban J connectivity index is 1.75. The molecule has 3 aromatic heterocycles. The lowest BCUT2D eigenvalue weighted by Gasteiger charge is -1.96. The van der Waals surface area contributed by atoms with Crippen LogP contribution in [0.2, 0.25) is 0 Å². The number of fused-ring (bicyclic) bond motifs is 3. The van der Waals surface area contributed by atoms with E-state index in [1.807, 2.05) is 18.2 Å². The summed E-state index contributed by atoms with van der Waals surface area (Å²) in [5.74, 6) is -0.126. The number of thiophene rings is 2. The van der Waals surface area contributed by atoms with E-state index in [0.717, 1.165) is 4.70 Å². The van der Waals surface area contributed by atoms with E-state index in [1.165, 1.54) is 37.5 Å². The van der Waals surface area contributed by atoms with Crippen molar-refractivity contribution < 1.29 is 4.79 Å². The third kappa shape index (κ3) is 1.91. The molecule has 1 amide bonds. The zero-order chi connectivity index (χ0) is 13.5. The lowest BCUT2D eigenvalue weighted by Crippen LogP contribution is -2.09. The molecule has 0 aliphatic heterocycles. The smallest absolute Gasteiger partial charge is 0.267 e. The summed E-state index contributed by atoms with van der Waals surface area (Å²) in [5.41, 5.74) is 1.59. The number of aromatic nitrogens is 2. The van der Waals surface area contributed by atoms with Gasteiger partial charge in [0.05, 0.1) is 9.58 Å². The molecule has 0 saturated heterocycles. The summed E-state index contributed by atoms with van der Waals surface area (Å²) in [5, 5.41) is 12.0. The van der Waals surface area contributed by atoms with E-state index in [4.69, 9.17) is 0 Å². The maximum Gasteiger partial charge on any atom is 0.267 e. The summed E-state index contributed by atoms with van der Waals surface area (Å²) in [6.07, 6.45) is 0. The molecule has 20 heavy (non-hydrogen) atoms. The molecule has 0 atom stereocenters. The molecule has 4 nitrogen and oxygen atoms in total. The van der Waals surface area contributed by atoms with Crippen LogP contribution in [0.15, 0.2) is 35.8 Å². The van der Waals surface area contributed by atoms with Gasteiger partial charge in [0.2, 0.25) is 5.13 Å². The van der Waals surface area contributed by atoms with E-state index in [1.54, 1.807) is 16.8 Å². The van der Waals surface area contributed by atoms with E-state index < -0.39 is 0 Å². The Kier molecular flexibility index (Phi) is 2.76. The molecule has 0 bridgehead atoms. The van der Waals surface area contributed by atoms with Crippen molar-refractivity contribution in [1.29, 1.82) is 0 Å². The highest BCUT2D eigenvalue weighted by atomic mass is 32.1. The summed E-state index contributed by atoms with van der Waals surface area (Å²) in [7, 11) is 0. The largest absolute Gasteiger partial charge is 0.296 e. The Labute approximate surface area is 125 Å². The molecule has 0 radical (unpaired) electrons. The SMILES string of the molecule is O=C(Nc1nncs1)c1cc2sc3ccccc3c2s1. The van der Waals surface area contributed by atoms with Crippen LogP contribution in [0.3, 0.4) is 0 Å². The predicted molar refractivity (Wildman–Crippen MR) is 85.1 cm³/mol. The number of amides is 1. The molecule has 0 fully saturated rings. The molecular weight excluding hydrogens is 310 g/mol. The molecule has 1 aromatic carbocycles. The second-order valence-electron chi connectivity index (χ2n) is 4.10. The van der Waals surface area contributed by atoms with E-state index in [-0.39, 0.29) is 5.91 Å². The van der Waals surface area contributed by atoms with E-state index in [0.29, 0.717) is 10.0 Å². The average Bonchev–Trinajstić information content (AvgIpc) is 3.12. The molecule has 0 unspecified atom stereocenters. The maximum atomic E-state index is 12.2. The van der Waals surface area contributed by atoms with Gasteiger partial charge in [-0.2, -0.15) is 0 Å². The first-order valence-electron chi connectivity index (χ1n) is 5.80. The quantitative estimate of drug-likeness (QED) is 0.602. The van der Waals surface area contributed by atoms with Crippen LogP contribution in [0.5, 0.6) is 0 Å². The number of anilines is 1. The zero-order valence-corrected chi connectivity index (χ0v) is 12.4. The number of nitrogens with zero attached hydrogens (tertiary/aromatic N) is 2. The molecule has 7 heteroatoms. The van der Waals surface area contributed by atoms with Gasteiger partial charge in [0.15, 0.2) is 0 Å². The third-order valence-electron chi connectivity index (χ3n) is 2.85. The minimum Gasteiger partial charge on any atom is -0.296 e. The van der Waals surface area contributed by atoms with E-state index >= 15 is 0 Å². The molecule has 0 aliphatic rings. The molecule has 98 valence electrons.